The number of aromatic nitrogens is 2. The lowest BCUT2D eigenvalue weighted by atomic mass is 10.3. The van der Waals surface area contributed by atoms with Gasteiger partial charge in [-0.05, 0) is 40.4 Å². The van der Waals surface area contributed by atoms with E-state index in [9.17, 15) is 0 Å². The summed E-state index contributed by atoms with van der Waals surface area (Å²) >= 11 is 6.24. The van der Waals surface area contributed by atoms with Crippen LogP contribution in [0.3, 0.4) is 0 Å². The van der Waals surface area contributed by atoms with E-state index in [1.807, 2.05) is 0 Å². The predicted octanol–water partition coefficient (Wildman–Crippen LogP) is 2.73. The van der Waals surface area contributed by atoms with Crippen LogP contribution in [-0.2, 0) is 0 Å². The summed E-state index contributed by atoms with van der Waals surface area (Å²) in [6.45, 7) is 7.99. The Morgan fingerprint density at radius 3 is 2.60 bits per heavy atom. The minimum atomic E-state index is 0.610. The van der Waals surface area contributed by atoms with Crippen molar-refractivity contribution in [2.24, 2.45) is 0 Å². The first kappa shape index (κ1) is 17.0. The van der Waals surface area contributed by atoms with Crippen LogP contribution in [0.25, 0.3) is 0 Å². The molecule has 0 aliphatic rings. The second kappa shape index (κ2) is 8.97. The van der Waals surface area contributed by atoms with Crippen molar-refractivity contribution in [2.45, 2.75) is 26.7 Å². The van der Waals surface area contributed by atoms with E-state index in [4.69, 9.17) is 11.6 Å². The molecule has 0 fully saturated rings. The van der Waals surface area contributed by atoms with Crippen molar-refractivity contribution in [1.82, 2.24) is 14.9 Å². The quantitative estimate of drug-likeness (QED) is 0.759. The van der Waals surface area contributed by atoms with Crippen LogP contribution in [0, 0.1) is 0 Å². The van der Waals surface area contributed by atoms with Gasteiger partial charge in [-0.2, -0.15) is 4.98 Å². The highest BCUT2D eigenvalue weighted by Crippen LogP contribution is 2.23. The van der Waals surface area contributed by atoms with E-state index in [0.717, 1.165) is 44.8 Å². The van der Waals surface area contributed by atoms with Crippen LogP contribution in [0.2, 0.25) is 5.02 Å². The molecule has 0 radical (unpaired) electrons. The Balaban J connectivity index is 2.73. The molecular formula is C14H26ClN5. The zero-order chi connectivity index (χ0) is 15.0. The van der Waals surface area contributed by atoms with Crippen LogP contribution in [-0.4, -0.2) is 55.1 Å². The van der Waals surface area contributed by atoms with E-state index in [1.54, 1.807) is 6.20 Å². The van der Waals surface area contributed by atoms with Crippen molar-refractivity contribution in [3.63, 3.8) is 0 Å². The molecule has 0 amide bonds. The summed E-state index contributed by atoms with van der Waals surface area (Å²) in [6, 6.07) is 0. The molecule has 0 saturated carbocycles. The lowest BCUT2D eigenvalue weighted by Gasteiger charge is -2.24. The molecule has 114 valence electrons. The zero-order valence-corrected chi connectivity index (χ0v) is 13.7. The standard InChI is InChI=1S/C14H26ClN5/c1-5-8-16-14-17-11-12(15)13(18-14)20(6-2)10-7-9-19(3)4/h11H,5-10H2,1-4H3,(H,16,17,18). The maximum absolute atomic E-state index is 6.24. The molecule has 0 bridgehead atoms. The molecule has 0 aliphatic heterocycles. The Bertz CT molecular complexity index is 397. The van der Waals surface area contributed by atoms with Gasteiger partial charge >= 0.3 is 0 Å². The SMILES string of the molecule is CCCNc1ncc(Cl)c(N(CC)CCCN(C)C)n1. The van der Waals surface area contributed by atoms with E-state index < -0.39 is 0 Å². The summed E-state index contributed by atoms with van der Waals surface area (Å²) in [5.41, 5.74) is 0. The first-order chi connectivity index (χ1) is 9.58. The van der Waals surface area contributed by atoms with Crippen molar-refractivity contribution < 1.29 is 0 Å². The highest BCUT2D eigenvalue weighted by Gasteiger charge is 2.12. The van der Waals surface area contributed by atoms with Gasteiger partial charge < -0.3 is 15.1 Å². The molecule has 0 spiro atoms. The van der Waals surface area contributed by atoms with Crippen LogP contribution in [0.15, 0.2) is 6.20 Å². The van der Waals surface area contributed by atoms with Crippen LogP contribution in [0.1, 0.15) is 26.7 Å². The molecule has 1 aromatic heterocycles. The third-order valence-corrected chi connectivity index (χ3v) is 3.24. The summed E-state index contributed by atoms with van der Waals surface area (Å²) < 4.78 is 0. The fourth-order valence-electron chi connectivity index (χ4n) is 1.89. The van der Waals surface area contributed by atoms with E-state index in [2.05, 4.69) is 53.0 Å². The molecule has 0 saturated heterocycles. The normalized spacial score (nSPS) is 10.9. The van der Waals surface area contributed by atoms with Gasteiger partial charge in [0.1, 0.15) is 5.02 Å². The Morgan fingerprint density at radius 2 is 2.00 bits per heavy atom. The van der Waals surface area contributed by atoms with Gasteiger partial charge in [0.25, 0.3) is 0 Å². The second-order valence-electron chi connectivity index (χ2n) is 5.03. The van der Waals surface area contributed by atoms with Gasteiger partial charge in [0.05, 0.1) is 6.20 Å². The first-order valence-electron chi connectivity index (χ1n) is 7.24. The average molecular weight is 300 g/mol. The van der Waals surface area contributed by atoms with E-state index in [0.29, 0.717) is 11.0 Å². The number of anilines is 2. The van der Waals surface area contributed by atoms with Gasteiger partial charge in [-0.15, -0.1) is 0 Å². The molecule has 20 heavy (non-hydrogen) atoms. The largest absolute Gasteiger partial charge is 0.355 e. The number of nitrogens with one attached hydrogen (secondary N) is 1. The number of hydrogen-bond acceptors (Lipinski definition) is 5. The fourth-order valence-corrected chi connectivity index (χ4v) is 2.10. The molecular weight excluding hydrogens is 274 g/mol. The monoisotopic (exact) mass is 299 g/mol. The average Bonchev–Trinajstić information content (AvgIpc) is 2.43. The third kappa shape index (κ3) is 5.51. The highest BCUT2D eigenvalue weighted by atomic mass is 35.5. The van der Waals surface area contributed by atoms with Crippen LogP contribution in [0.4, 0.5) is 11.8 Å². The summed E-state index contributed by atoms with van der Waals surface area (Å²) in [7, 11) is 4.17. The Morgan fingerprint density at radius 1 is 1.25 bits per heavy atom. The molecule has 0 atom stereocenters. The van der Waals surface area contributed by atoms with Crippen molar-refractivity contribution in [1.29, 1.82) is 0 Å². The Labute approximate surface area is 127 Å². The molecule has 1 aromatic rings. The molecule has 1 N–H and O–H groups in total. The van der Waals surface area contributed by atoms with Gasteiger partial charge in [0.15, 0.2) is 5.82 Å². The maximum Gasteiger partial charge on any atom is 0.224 e. The lowest BCUT2D eigenvalue weighted by Crippen LogP contribution is -2.28. The van der Waals surface area contributed by atoms with E-state index >= 15 is 0 Å². The molecule has 1 rings (SSSR count). The van der Waals surface area contributed by atoms with E-state index in [-0.39, 0.29) is 0 Å². The minimum Gasteiger partial charge on any atom is -0.355 e. The number of rotatable bonds is 9. The number of nitrogens with zero attached hydrogens (tertiary/aromatic N) is 4. The van der Waals surface area contributed by atoms with Gasteiger partial charge in [-0.25, -0.2) is 4.98 Å². The lowest BCUT2D eigenvalue weighted by molar-refractivity contribution is 0.400. The van der Waals surface area contributed by atoms with Gasteiger partial charge in [0, 0.05) is 19.6 Å². The fraction of sp³-hybridized carbons (Fsp3) is 0.714. The Hall–Kier alpha value is -1.07. The molecule has 0 aliphatic carbocycles. The summed E-state index contributed by atoms with van der Waals surface area (Å²) in [5.74, 6) is 1.47. The highest BCUT2D eigenvalue weighted by molar-refractivity contribution is 6.32. The summed E-state index contributed by atoms with van der Waals surface area (Å²) in [6.07, 6.45) is 3.80. The van der Waals surface area contributed by atoms with E-state index in [1.165, 1.54) is 0 Å². The maximum atomic E-state index is 6.24. The van der Waals surface area contributed by atoms with Crippen molar-refractivity contribution in [3.05, 3.63) is 11.2 Å². The zero-order valence-electron chi connectivity index (χ0n) is 13.0. The van der Waals surface area contributed by atoms with Crippen LogP contribution >= 0.6 is 11.6 Å². The molecule has 0 unspecified atom stereocenters. The smallest absolute Gasteiger partial charge is 0.224 e. The van der Waals surface area contributed by atoms with Gasteiger partial charge in [0.2, 0.25) is 5.95 Å². The first-order valence-corrected chi connectivity index (χ1v) is 7.62. The van der Waals surface area contributed by atoms with Crippen LogP contribution in [0.5, 0.6) is 0 Å². The van der Waals surface area contributed by atoms with Crippen molar-refractivity contribution in [2.75, 3.05) is 50.5 Å². The Kier molecular flexibility index (Phi) is 7.62. The third-order valence-electron chi connectivity index (χ3n) is 2.97. The van der Waals surface area contributed by atoms with Gasteiger partial charge in [-0.1, -0.05) is 18.5 Å². The minimum absolute atomic E-state index is 0.610. The predicted molar refractivity (Wildman–Crippen MR) is 86.9 cm³/mol. The van der Waals surface area contributed by atoms with Crippen LogP contribution < -0.4 is 10.2 Å². The summed E-state index contributed by atoms with van der Waals surface area (Å²) in [4.78, 5) is 13.1. The topological polar surface area (TPSA) is 44.3 Å². The summed E-state index contributed by atoms with van der Waals surface area (Å²) in [5, 5.41) is 3.81. The molecule has 0 aromatic carbocycles. The molecule has 6 heteroatoms. The van der Waals surface area contributed by atoms with Crippen molar-refractivity contribution >= 4 is 23.4 Å². The molecule has 1 heterocycles. The van der Waals surface area contributed by atoms with Crippen molar-refractivity contribution in [3.8, 4) is 0 Å². The number of hydrogen-bond donors (Lipinski definition) is 1. The number of halogens is 1. The van der Waals surface area contributed by atoms with Gasteiger partial charge in [-0.3, -0.25) is 0 Å². The molecule has 5 nitrogen and oxygen atoms in total. The second-order valence-corrected chi connectivity index (χ2v) is 5.44.